The van der Waals surface area contributed by atoms with Gasteiger partial charge in [-0.25, -0.2) is 0 Å². The Kier molecular flexibility index (Phi) is 4.24. The van der Waals surface area contributed by atoms with Gasteiger partial charge >= 0.3 is 0 Å². The van der Waals surface area contributed by atoms with Crippen LogP contribution < -0.4 is 5.32 Å². The Morgan fingerprint density at radius 2 is 1.72 bits per heavy atom. The van der Waals surface area contributed by atoms with Gasteiger partial charge in [-0.05, 0) is 31.5 Å². The average Bonchev–Trinajstić information content (AvgIpc) is 3.00. The molecule has 1 unspecified atom stereocenters. The fraction of sp³-hybridized carbons (Fsp3) is 0.227. The zero-order valence-electron chi connectivity index (χ0n) is 14.7. The van der Waals surface area contributed by atoms with Crippen LogP contribution in [0, 0.1) is 0 Å². The third-order valence-corrected chi connectivity index (χ3v) is 4.92. The van der Waals surface area contributed by atoms with Crippen LogP contribution >= 0.6 is 0 Å². The Morgan fingerprint density at radius 3 is 2.52 bits per heavy atom. The molecule has 0 fully saturated rings. The fourth-order valence-corrected chi connectivity index (χ4v) is 3.54. The molecule has 0 spiro atoms. The maximum Gasteiger partial charge on any atom is 0.0677 e. The van der Waals surface area contributed by atoms with Gasteiger partial charge in [-0.3, -0.25) is 4.98 Å². The van der Waals surface area contributed by atoms with Gasteiger partial charge in [-0.2, -0.15) is 0 Å². The molecule has 2 aromatic heterocycles. The summed E-state index contributed by atoms with van der Waals surface area (Å²) in [5.41, 5.74) is 4.87. The number of hydrogen-bond donors (Lipinski definition) is 1. The molecule has 0 saturated heterocycles. The van der Waals surface area contributed by atoms with Crippen molar-refractivity contribution in [2.75, 3.05) is 0 Å². The largest absolute Gasteiger partial charge is 0.339 e. The Bertz CT molecular complexity index is 1000. The highest BCUT2D eigenvalue weighted by Crippen LogP contribution is 2.28. The third-order valence-electron chi connectivity index (χ3n) is 4.92. The van der Waals surface area contributed by atoms with Gasteiger partial charge in [0.25, 0.3) is 0 Å². The van der Waals surface area contributed by atoms with Crippen molar-refractivity contribution in [3.05, 3.63) is 78.1 Å². The quantitative estimate of drug-likeness (QED) is 0.554. The molecule has 0 bridgehead atoms. The maximum absolute atomic E-state index is 4.69. The lowest BCUT2D eigenvalue weighted by Crippen LogP contribution is -2.18. The number of nitrogens with zero attached hydrogens (tertiary/aromatic N) is 2. The summed E-state index contributed by atoms with van der Waals surface area (Å²) in [4.78, 5) is 4.69. The Labute approximate surface area is 148 Å². The lowest BCUT2D eigenvalue weighted by Gasteiger charge is -2.14. The number of hydrogen-bond acceptors (Lipinski definition) is 2. The van der Waals surface area contributed by atoms with Crippen LogP contribution in [0.15, 0.2) is 66.9 Å². The second-order valence-corrected chi connectivity index (χ2v) is 6.47. The number of fused-ring (bicyclic) bond motifs is 3. The summed E-state index contributed by atoms with van der Waals surface area (Å²) in [6, 6.07) is 21.7. The fourth-order valence-electron chi connectivity index (χ4n) is 3.54. The molecule has 25 heavy (non-hydrogen) atoms. The topological polar surface area (TPSA) is 29.9 Å². The number of aromatic nitrogens is 2. The molecule has 3 nitrogen and oxygen atoms in total. The Morgan fingerprint density at radius 1 is 0.960 bits per heavy atom. The van der Waals surface area contributed by atoms with Crippen molar-refractivity contribution in [2.24, 2.45) is 0 Å². The molecule has 3 heteroatoms. The third kappa shape index (κ3) is 2.92. The lowest BCUT2D eigenvalue weighted by molar-refractivity contribution is 0.568. The molecule has 0 radical (unpaired) electrons. The van der Waals surface area contributed by atoms with Crippen molar-refractivity contribution in [3.63, 3.8) is 0 Å². The molecular weight excluding hydrogens is 306 g/mol. The summed E-state index contributed by atoms with van der Waals surface area (Å²) >= 11 is 0. The number of para-hydroxylation sites is 1. The van der Waals surface area contributed by atoms with Crippen LogP contribution in [0.3, 0.4) is 0 Å². The predicted octanol–water partition coefficient (Wildman–Crippen LogP) is 5.06. The van der Waals surface area contributed by atoms with E-state index in [1.54, 1.807) is 0 Å². The van der Waals surface area contributed by atoms with E-state index in [9.17, 15) is 0 Å². The standard InChI is InChI=1S/C22H23N3/c1-3-25-21-12-8-7-11-19(21)20-13-18(24-15-22(20)25)14-23-16(2)17-9-5-4-6-10-17/h4-13,15-16,23H,3,14H2,1-2H3. The molecule has 0 aliphatic rings. The first-order valence-corrected chi connectivity index (χ1v) is 8.92. The highest BCUT2D eigenvalue weighted by molar-refractivity contribution is 6.07. The Hall–Kier alpha value is -2.65. The van der Waals surface area contributed by atoms with E-state index in [2.05, 4.69) is 84.4 Å². The summed E-state index contributed by atoms with van der Waals surface area (Å²) in [7, 11) is 0. The molecule has 0 amide bonds. The first-order chi connectivity index (χ1) is 12.3. The molecule has 4 aromatic rings. The molecular formula is C22H23N3. The van der Waals surface area contributed by atoms with Crippen LogP contribution in [0.5, 0.6) is 0 Å². The zero-order chi connectivity index (χ0) is 17.2. The van der Waals surface area contributed by atoms with Crippen molar-refractivity contribution in [3.8, 4) is 0 Å². The van der Waals surface area contributed by atoms with E-state index in [0.717, 1.165) is 18.8 Å². The summed E-state index contributed by atoms with van der Waals surface area (Å²) < 4.78 is 2.33. The molecule has 0 aliphatic heterocycles. The van der Waals surface area contributed by atoms with Crippen LogP contribution in [0.2, 0.25) is 0 Å². The van der Waals surface area contributed by atoms with Gasteiger partial charge in [-0.15, -0.1) is 0 Å². The molecule has 0 aliphatic carbocycles. The number of benzene rings is 2. The van der Waals surface area contributed by atoms with E-state index in [-0.39, 0.29) is 0 Å². The van der Waals surface area contributed by atoms with Crippen LogP contribution in [0.25, 0.3) is 21.8 Å². The SMILES string of the molecule is CCn1c2ccccc2c2cc(CNC(C)c3ccccc3)ncc21. The summed E-state index contributed by atoms with van der Waals surface area (Å²) in [5.74, 6) is 0. The minimum atomic E-state index is 0.302. The van der Waals surface area contributed by atoms with E-state index in [4.69, 9.17) is 4.98 Å². The van der Waals surface area contributed by atoms with Gasteiger partial charge in [0.15, 0.2) is 0 Å². The molecule has 1 N–H and O–H groups in total. The van der Waals surface area contributed by atoms with Crippen LogP contribution in [0.1, 0.15) is 31.1 Å². The van der Waals surface area contributed by atoms with E-state index in [1.165, 1.54) is 27.4 Å². The molecule has 2 heterocycles. The van der Waals surface area contributed by atoms with Crippen molar-refractivity contribution in [2.45, 2.75) is 33.0 Å². The zero-order valence-corrected chi connectivity index (χ0v) is 14.7. The lowest BCUT2D eigenvalue weighted by atomic mass is 10.1. The van der Waals surface area contributed by atoms with Gasteiger partial charge in [0, 0.05) is 35.4 Å². The number of rotatable bonds is 5. The van der Waals surface area contributed by atoms with E-state index in [1.807, 2.05) is 6.20 Å². The number of pyridine rings is 1. The Balaban J connectivity index is 1.64. The number of aryl methyl sites for hydroxylation is 1. The summed E-state index contributed by atoms with van der Waals surface area (Å²) in [5, 5.41) is 6.17. The second kappa shape index (κ2) is 6.69. The molecule has 4 rings (SSSR count). The average molecular weight is 329 g/mol. The van der Waals surface area contributed by atoms with Gasteiger partial charge in [-0.1, -0.05) is 48.5 Å². The predicted molar refractivity (Wildman–Crippen MR) is 105 cm³/mol. The molecule has 0 saturated carbocycles. The van der Waals surface area contributed by atoms with Gasteiger partial charge < -0.3 is 9.88 Å². The summed E-state index contributed by atoms with van der Waals surface area (Å²) in [6.45, 7) is 6.09. The number of nitrogens with one attached hydrogen (secondary N) is 1. The first-order valence-electron chi connectivity index (χ1n) is 8.92. The van der Waals surface area contributed by atoms with Crippen molar-refractivity contribution >= 4 is 21.8 Å². The van der Waals surface area contributed by atoms with E-state index >= 15 is 0 Å². The first kappa shape index (κ1) is 15.9. The minimum Gasteiger partial charge on any atom is -0.339 e. The highest BCUT2D eigenvalue weighted by atomic mass is 15.0. The van der Waals surface area contributed by atoms with Crippen molar-refractivity contribution in [1.82, 2.24) is 14.9 Å². The van der Waals surface area contributed by atoms with Crippen molar-refractivity contribution in [1.29, 1.82) is 0 Å². The molecule has 126 valence electrons. The molecule has 2 aromatic carbocycles. The van der Waals surface area contributed by atoms with Crippen LogP contribution in [0.4, 0.5) is 0 Å². The van der Waals surface area contributed by atoms with E-state index < -0.39 is 0 Å². The van der Waals surface area contributed by atoms with E-state index in [0.29, 0.717) is 6.04 Å². The van der Waals surface area contributed by atoms with Crippen LogP contribution in [-0.4, -0.2) is 9.55 Å². The van der Waals surface area contributed by atoms with Gasteiger partial charge in [0.1, 0.15) is 0 Å². The smallest absolute Gasteiger partial charge is 0.0677 e. The van der Waals surface area contributed by atoms with Gasteiger partial charge in [0.05, 0.1) is 17.4 Å². The minimum absolute atomic E-state index is 0.302. The monoisotopic (exact) mass is 329 g/mol. The van der Waals surface area contributed by atoms with Crippen molar-refractivity contribution < 1.29 is 0 Å². The van der Waals surface area contributed by atoms with Crippen LogP contribution in [-0.2, 0) is 13.1 Å². The molecule has 1 atom stereocenters. The maximum atomic E-state index is 4.69. The van der Waals surface area contributed by atoms with Gasteiger partial charge in [0.2, 0.25) is 0 Å². The normalized spacial score (nSPS) is 12.7. The highest BCUT2D eigenvalue weighted by Gasteiger charge is 2.11. The second-order valence-electron chi connectivity index (χ2n) is 6.47. The summed E-state index contributed by atoms with van der Waals surface area (Å²) in [6.07, 6.45) is 2.02.